The molecule has 2 aromatic heterocycles. The van der Waals surface area contributed by atoms with Crippen LogP contribution in [0, 0.1) is 10.6 Å². The van der Waals surface area contributed by atoms with Crippen molar-refractivity contribution in [2.45, 2.75) is 18.8 Å². The van der Waals surface area contributed by atoms with Gasteiger partial charge < -0.3 is 14.9 Å². The van der Waals surface area contributed by atoms with Gasteiger partial charge in [-0.25, -0.2) is 9.37 Å². The van der Waals surface area contributed by atoms with Gasteiger partial charge in [0, 0.05) is 19.0 Å². The van der Waals surface area contributed by atoms with E-state index in [1.54, 1.807) is 16.2 Å². The molecule has 0 spiro atoms. The summed E-state index contributed by atoms with van der Waals surface area (Å²) < 4.78 is 15.5. The number of benzene rings is 2. The number of rotatable bonds is 2. The standard InChI is InChI=1S/C20H17FN4OS2/c21-12-9-13(17-15(10-12)23-20(27)24-17)19(26)25-7-5-11(6-8-25)18-22-14-3-1-2-4-16(14)28-18/h1-4,9-11H,5-8H2,(H2,23,24,27). The van der Waals surface area contributed by atoms with E-state index in [9.17, 15) is 9.18 Å². The maximum atomic E-state index is 14.0. The number of hydrogen-bond acceptors (Lipinski definition) is 4. The number of amides is 1. The van der Waals surface area contributed by atoms with Gasteiger partial charge in [0.25, 0.3) is 5.91 Å². The van der Waals surface area contributed by atoms with Gasteiger partial charge in [-0.2, -0.15) is 0 Å². The maximum Gasteiger partial charge on any atom is 0.256 e. The van der Waals surface area contributed by atoms with Gasteiger partial charge in [0.15, 0.2) is 4.77 Å². The minimum absolute atomic E-state index is 0.169. The van der Waals surface area contributed by atoms with Gasteiger partial charge in [-0.1, -0.05) is 12.1 Å². The van der Waals surface area contributed by atoms with E-state index in [1.165, 1.54) is 16.8 Å². The number of nitrogens with one attached hydrogen (secondary N) is 2. The zero-order valence-corrected chi connectivity index (χ0v) is 16.5. The number of halogens is 1. The van der Waals surface area contributed by atoms with Crippen molar-refractivity contribution in [2.24, 2.45) is 0 Å². The number of aromatic nitrogens is 3. The minimum atomic E-state index is -0.453. The van der Waals surface area contributed by atoms with Crippen LogP contribution in [0.5, 0.6) is 0 Å². The van der Waals surface area contributed by atoms with Crippen LogP contribution in [0.4, 0.5) is 4.39 Å². The monoisotopic (exact) mass is 412 g/mol. The second kappa shape index (κ2) is 6.79. The summed E-state index contributed by atoms with van der Waals surface area (Å²) in [5.74, 6) is -0.269. The molecule has 0 bridgehead atoms. The number of thiazole rings is 1. The number of fused-ring (bicyclic) bond motifs is 2. The predicted molar refractivity (Wildman–Crippen MR) is 111 cm³/mol. The zero-order chi connectivity index (χ0) is 19.3. The Morgan fingerprint density at radius 3 is 2.79 bits per heavy atom. The van der Waals surface area contributed by atoms with Crippen molar-refractivity contribution in [3.05, 3.63) is 57.6 Å². The van der Waals surface area contributed by atoms with Crippen LogP contribution in [0.15, 0.2) is 36.4 Å². The molecule has 28 heavy (non-hydrogen) atoms. The normalized spacial score (nSPS) is 15.5. The number of hydrogen-bond donors (Lipinski definition) is 2. The molecule has 2 N–H and O–H groups in total. The van der Waals surface area contributed by atoms with Gasteiger partial charge in [0.2, 0.25) is 0 Å². The van der Waals surface area contributed by atoms with Gasteiger partial charge in [0.05, 0.1) is 31.8 Å². The van der Waals surface area contributed by atoms with Crippen LogP contribution < -0.4 is 0 Å². The summed E-state index contributed by atoms with van der Waals surface area (Å²) in [5.41, 5.74) is 2.43. The Morgan fingerprint density at radius 2 is 2.00 bits per heavy atom. The van der Waals surface area contributed by atoms with Crippen LogP contribution in [0.1, 0.15) is 34.1 Å². The Morgan fingerprint density at radius 1 is 1.21 bits per heavy atom. The first-order chi connectivity index (χ1) is 13.6. The molecule has 3 heterocycles. The molecule has 1 aliphatic heterocycles. The number of imidazole rings is 1. The van der Waals surface area contributed by atoms with Gasteiger partial charge in [-0.05, 0) is 49.3 Å². The molecule has 1 fully saturated rings. The Balaban J connectivity index is 1.37. The third-order valence-corrected chi connectivity index (χ3v) is 6.67. The number of H-pyrrole nitrogens is 2. The fourth-order valence-electron chi connectivity index (χ4n) is 3.84. The molecule has 1 aliphatic rings. The average molecular weight is 413 g/mol. The first-order valence-electron chi connectivity index (χ1n) is 9.15. The lowest BCUT2D eigenvalue weighted by Gasteiger charge is -2.31. The summed E-state index contributed by atoms with van der Waals surface area (Å²) in [6.07, 6.45) is 1.71. The van der Waals surface area contributed by atoms with E-state index in [-0.39, 0.29) is 5.91 Å². The van der Waals surface area contributed by atoms with Crippen molar-refractivity contribution in [2.75, 3.05) is 13.1 Å². The first kappa shape index (κ1) is 17.5. The lowest BCUT2D eigenvalue weighted by Crippen LogP contribution is -2.38. The van der Waals surface area contributed by atoms with Crippen molar-refractivity contribution in [3.63, 3.8) is 0 Å². The van der Waals surface area contributed by atoms with E-state index in [2.05, 4.69) is 16.0 Å². The van der Waals surface area contributed by atoms with Gasteiger partial charge in [-0.3, -0.25) is 4.79 Å². The summed E-state index contributed by atoms with van der Waals surface area (Å²) in [7, 11) is 0. The topological polar surface area (TPSA) is 64.8 Å². The minimum Gasteiger partial charge on any atom is -0.339 e. The molecule has 1 saturated heterocycles. The molecule has 0 radical (unpaired) electrons. The Hall–Kier alpha value is -2.58. The van der Waals surface area contributed by atoms with E-state index in [4.69, 9.17) is 17.2 Å². The van der Waals surface area contributed by atoms with Crippen molar-refractivity contribution >= 4 is 50.7 Å². The molecular weight excluding hydrogens is 395 g/mol. The number of carbonyl (C=O) groups excluding carboxylic acids is 1. The number of piperidine rings is 1. The Kier molecular flexibility index (Phi) is 4.25. The molecule has 0 atom stereocenters. The van der Waals surface area contributed by atoms with Crippen LogP contribution in [0.2, 0.25) is 0 Å². The maximum absolute atomic E-state index is 14.0. The van der Waals surface area contributed by atoms with Crippen LogP contribution in [0.3, 0.4) is 0 Å². The van der Waals surface area contributed by atoms with Crippen molar-refractivity contribution in [3.8, 4) is 0 Å². The number of para-hydroxylation sites is 1. The Labute approximate surface area is 169 Å². The summed E-state index contributed by atoms with van der Waals surface area (Å²) in [6.45, 7) is 1.26. The van der Waals surface area contributed by atoms with Crippen LogP contribution in [-0.4, -0.2) is 38.8 Å². The highest BCUT2D eigenvalue weighted by atomic mass is 32.1. The first-order valence-corrected chi connectivity index (χ1v) is 10.4. The molecule has 4 aromatic rings. The zero-order valence-electron chi connectivity index (χ0n) is 14.9. The Bertz CT molecular complexity index is 1220. The molecular formula is C20H17FN4OS2. The van der Waals surface area contributed by atoms with Gasteiger partial charge in [0.1, 0.15) is 5.82 Å². The largest absolute Gasteiger partial charge is 0.339 e. The van der Waals surface area contributed by atoms with Crippen LogP contribution in [0.25, 0.3) is 21.3 Å². The predicted octanol–water partition coefficient (Wildman–Crippen LogP) is 4.99. The fourth-order valence-corrected chi connectivity index (χ4v) is 5.19. The molecule has 0 unspecified atom stereocenters. The van der Waals surface area contributed by atoms with Gasteiger partial charge >= 0.3 is 0 Å². The summed E-state index contributed by atoms with van der Waals surface area (Å²) in [6, 6.07) is 10.8. The van der Waals surface area contributed by atoms with E-state index in [0.717, 1.165) is 23.4 Å². The quantitative estimate of drug-likeness (QED) is 0.456. The highest BCUT2D eigenvalue weighted by Crippen LogP contribution is 2.34. The highest BCUT2D eigenvalue weighted by molar-refractivity contribution is 7.71. The molecule has 2 aromatic carbocycles. The highest BCUT2D eigenvalue weighted by Gasteiger charge is 2.28. The van der Waals surface area contributed by atoms with E-state index < -0.39 is 5.82 Å². The van der Waals surface area contributed by atoms with Crippen molar-refractivity contribution < 1.29 is 9.18 Å². The lowest BCUT2D eigenvalue weighted by atomic mass is 9.97. The smallest absolute Gasteiger partial charge is 0.256 e. The average Bonchev–Trinajstić information content (AvgIpc) is 3.29. The number of aromatic amines is 2. The lowest BCUT2D eigenvalue weighted by molar-refractivity contribution is 0.0714. The summed E-state index contributed by atoms with van der Waals surface area (Å²) in [4.78, 5) is 25.4. The van der Waals surface area contributed by atoms with E-state index >= 15 is 0 Å². The number of nitrogens with zero attached hydrogens (tertiary/aromatic N) is 2. The van der Waals surface area contributed by atoms with Crippen molar-refractivity contribution in [1.82, 2.24) is 19.9 Å². The number of carbonyl (C=O) groups is 1. The van der Waals surface area contributed by atoms with Gasteiger partial charge in [-0.15, -0.1) is 11.3 Å². The molecule has 8 heteroatoms. The van der Waals surface area contributed by atoms with Crippen molar-refractivity contribution in [1.29, 1.82) is 0 Å². The summed E-state index contributed by atoms with van der Waals surface area (Å²) >= 11 is 6.82. The molecule has 1 amide bonds. The number of likely N-dealkylation sites (tertiary alicyclic amines) is 1. The molecule has 0 saturated carbocycles. The van der Waals surface area contributed by atoms with Crippen LogP contribution in [-0.2, 0) is 0 Å². The molecule has 5 rings (SSSR count). The van der Waals surface area contributed by atoms with E-state index in [1.807, 2.05) is 18.2 Å². The summed E-state index contributed by atoms with van der Waals surface area (Å²) in [5, 5.41) is 1.14. The third-order valence-electron chi connectivity index (χ3n) is 5.26. The molecule has 5 nitrogen and oxygen atoms in total. The van der Waals surface area contributed by atoms with E-state index in [0.29, 0.717) is 40.4 Å². The third kappa shape index (κ3) is 3.02. The molecule has 0 aliphatic carbocycles. The fraction of sp³-hybridized carbons (Fsp3) is 0.250. The second-order valence-corrected chi connectivity index (χ2v) is 8.51. The second-order valence-electron chi connectivity index (χ2n) is 7.04. The SMILES string of the molecule is O=C(c1cc(F)cc2[nH]c(=S)[nH]c12)N1CCC(c2nc3ccccc3s2)CC1. The molecule has 142 valence electrons. The van der Waals surface area contributed by atoms with Crippen LogP contribution >= 0.6 is 23.6 Å².